The van der Waals surface area contributed by atoms with Crippen LogP contribution in [0.25, 0.3) is 16.5 Å². The van der Waals surface area contributed by atoms with Crippen LogP contribution in [0, 0.1) is 0 Å². The molecule has 2 heterocycles. The topological polar surface area (TPSA) is 38.0 Å². The van der Waals surface area contributed by atoms with Crippen LogP contribution < -0.4 is 0 Å². The Kier molecular flexibility index (Phi) is 2.60. The minimum atomic E-state index is -0.312. The fraction of sp³-hybridized carbons (Fsp3) is 0.235. The van der Waals surface area contributed by atoms with Gasteiger partial charge in [-0.25, -0.2) is 0 Å². The normalized spacial score (nSPS) is 18.1. The third kappa shape index (κ3) is 1.67. The second kappa shape index (κ2) is 4.46. The van der Waals surface area contributed by atoms with Gasteiger partial charge in [0.1, 0.15) is 0 Å². The first-order chi connectivity index (χ1) is 9.84. The quantitative estimate of drug-likeness (QED) is 0.731. The first kappa shape index (κ1) is 11.7. The van der Waals surface area contributed by atoms with Crippen LogP contribution in [0.4, 0.5) is 0 Å². The molecule has 1 atom stereocenters. The zero-order valence-corrected chi connectivity index (χ0v) is 11.2. The number of hydrogen-bond acceptors (Lipinski definition) is 2. The average molecular weight is 264 g/mol. The lowest BCUT2D eigenvalue weighted by Gasteiger charge is -2.20. The van der Waals surface area contributed by atoms with E-state index in [1.165, 1.54) is 11.1 Å². The maximum atomic E-state index is 10.1. The highest BCUT2D eigenvalue weighted by Crippen LogP contribution is 2.33. The number of aliphatic hydroxyl groups is 1. The van der Waals surface area contributed by atoms with Gasteiger partial charge in [-0.3, -0.25) is 4.98 Å². The maximum Gasteiger partial charge on any atom is 0.0807 e. The molecular formula is C17H16N2O. The Balaban J connectivity index is 1.96. The number of hydrogen-bond donors (Lipinski definition) is 1. The highest BCUT2D eigenvalue weighted by atomic mass is 16.3. The predicted molar refractivity (Wildman–Crippen MR) is 79.0 cm³/mol. The molecule has 100 valence electrons. The average Bonchev–Trinajstić information content (AvgIpc) is 2.92. The summed E-state index contributed by atoms with van der Waals surface area (Å²) in [7, 11) is 0. The molecule has 0 saturated heterocycles. The molecule has 4 rings (SSSR count). The Labute approximate surface area is 117 Å². The summed E-state index contributed by atoms with van der Waals surface area (Å²) < 4.78 is 2.21. The maximum absolute atomic E-state index is 10.1. The predicted octanol–water partition coefficient (Wildman–Crippen LogP) is 3.40. The van der Waals surface area contributed by atoms with Crippen molar-refractivity contribution in [2.75, 3.05) is 0 Å². The Bertz CT molecular complexity index is 770. The van der Waals surface area contributed by atoms with Crippen molar-refractivity contribution in [2.24, 2.45) is 0 Å². The van der Waals surface area contributed by atoms with Crippen molar-refractivity contribution in [1.29, 1.82) is 0 Å². The molecule has 0 bridgehead atoms. The molecule has 20 heavy (non-hydrogen) atoms. The number of aliphatic hydroxyl groups excluding tert-OH is 1. The molecule has 0 aliphatic heterocycles. The van der Waals surface area contributed by atoms with E-state index in [1.807, 2.05) is 24.5 Å². The van der Waals surface area contributed by atoms with E-state index in [4.69, 9.17) is 0 Å². The largest absolute Gasteiger partial charge is 0.388 e. The first-order valence-electron chi connectivity index (χ1n) is 7.06. The van der Waals surface area contributed by atoms with Crippen molar-refractivity contribution in [2.45, 2.75) is 25.4 Å². The SMILES string of the molecule is OC1CCCc2c1ccn2-c1cccc2ccncc12. The summed E-state index contributed by atoms with van der Waals surface area (Å²) in [6.07, 6.45) is 8.43. The minimum absolute atomic E-state index is 0.312. The van der Waals surface area contributed by atoms with Crippen LogP contribution >= 0.6 is 0 Å². The second-order valence-corrected chi connectivity index (χ2v) is 5.37. The third-order valence-corrected chi connectivity index (χ3v) is 4.20. The van der Waals surface area contributed by atoms with E-state index in [-0.39, 0.29) is 6.10 Å². The van der Waals surface area contributed by atoms with Crippen LogP contribution in [0.1, 0.15) is 30.2 Å². The van der Waals surface area contributed by atoms with Gasteiger partial charge in [0.05, 0.1) is 11.8 Å². The molecule has 1 aromatic carbocycles. The standard InChI is InChI=1S/C17H16N2O/c20-17-6-2-5-15-13(17)8-10-19(15)16-4-1-3-12-7-9-18-11-14(12)16/h1,3-4,7-11,17,20H,2,5-6H2. The highest BCUT2D eigenvalue weighted by molar-refractivity contribution is 5.89. The molecule has 3 aromatic rings. The van der Waals surface area contributed by atoms with Gasteiger partial charge in [0, 0.05) is 35.2 Å². The zero-order chi connectivity index (χ0) is 13.5. The van der Waals surface area contributed by atoms with Gasteiger partial charge in [-0.15, -0.1) is 0 Å². The molecule has 3 nitrogen and oxygen atoms in total. The van der Waals surface area contributed by atoms with Crippen LogP contribution in [0.3, 0.4) is 0 Å². The van der Waals surface area contributed by atoms with Gasteiger partial charge in [0.2, 0.25) is 0 Å². The van der Waals surface area contributed by atoms with E-state index >= 15 is 0 Å². The first-order valence-corrected chi connectivity index (χ1v) is 7.06. The van der Waals surface area contributed by atoms with Gasteiger partial charge in [0.15, 0.2) is 0 Å². The van der Waals surface area contributed by atoms with Gasteiger partial charge in [-0.1, -0.05) is 12.1 Å². The number of benzene rings is 1. The van der Waals surface area contributed by atoms with Crippen molar-refractivity contribution in [1.82, 2.24) is 9.55 Å². The number of nitrogens with zero attached hydrogens (tertiary/aromatic N) is 2. The summed E-state index contributed by atoms with van der Waals surface area (Å²) in [5, 5.41) is 12.4. The number of rotatable bonds is 1. The fourth-order valence-corrected chi connectivity index (χ4v) is 3.20. The van der Waals surface area contributed by atoms with E-state index in [0.29, 0.717) is 0 Å². The number of pyridine rings is 1. The molecule has 0 saturated carbocycles. The molecule has 1 unspecified atom stereocenters. The van der Waals surface area contributed by atoms with Gasteiger partial charge < -0.3 is 9.67 Å². The van der Waals surface area contributed by atoms with Gasteiger partial charge >= 0.3 is 0 Å². The smallest absolute Gasteiger partial charge is 0.0807 e. The lowest BCUT2D eigenvalue weighted by atomic mass is 9.95. The van der Waals surface area contributed by atoms with Gasteiger partial charge in [-0.2, -0.15) is 0 Å². The molecule has 0 radical (unpaired) electrons. The van der Waals surface area contributed by atoms with E-state index in [2.05, 4.69) is 33.9 Å². The van der Waals surface area contributed by atoms with Crippen molar-refractivity contribution in [3.05, 3.63) is 60.2 Å². The Morgan fingerprint density at radius 3 is 3.10 bits per heavy atom. The van der Waals surface area contributed by atoms with Crippen molar-refractivity contribution < 1.29 is 5.11 Å². The lowest BCUT2D eigenvalue weighted by molar-refractivity contribution is 0.156. The van der Waals surface area contributed by atoms with Crippen molar-refractivity contribution in [3.8, 4) is 5.69 Å². The van der Waals surface area contributed by atoms with Gasteiger partial charge in [-0.05, 0) is 42.8 Å². The molecule has 1 aliphatic rings. The fourth-order valence-electron chi connectivity index (χ4n) is 3.20. The summed E-state index contributed by atoms with van der Waals surface area (Å²) in [4.78, 5) is 4.25. The molecule has 0 fully saturated rings. The summed E-state index contributed by atoms with van der Waals surface area (Å²) in [5.41, 5.74) is 3.46. The highest BCUT2D eigenvalue weighted by Gasteiger charge is 2.22. The molecular weight excluding hydrogens is 248 g/mol. The van der Waals surface area contributed by atoms with Crippen LogP contribution in [0.5, 0.6) is 0 Å². The summed E-state index contributed by atoms with van der Waals surface area (Å²) in [5.74, 6) is 0. The molecule has 2 aromatic heterocycles. The Hall–Kier alpha value is -2.13. The zero-order valence-electron chi connectivity index (χ0n) is 11.2. The van der Waals surface area contributed by atoms with Crippen LogP contribution in [-0.2, 0) is 6.42 Å². The van der Waals surface area contributed by atoms with E-state index in [0.717, 1.165) is 35.9 Å². The van der Waals surface area contributed by atoms with Crippen LogP contribution in [0.15, 0.2) is 48.9 Å². The second-order valence-electron chi connectivity index (χ2n) is 5.37. The molecule has 0 spiro atoms. The summed E-state index contributed by atoms with van der Waals surface area (Å²) >= 11 is 0. The van der Waals surface area contributed by atoms with E-state index in [9.17, 15) is 5.11 Å². The minimum Gasteiger partial charge on any atom is -0.388 e. The summed E-state index contributed by atoms with van der Waals surface area (Å²) in [6, 6.07) is 10.4. The monoisotopic (exact) mass is 264 g/mol. The molecule has 3 heteroatoms. The lowest BCUT2D eigenvalue weighted by Crippen LogP contribution is -2.11. The van der Waals surface area contributed by atoms with Gasteiger partial charge in [0.25, 0.3) is 0 Å². The third-order valence-electron chi connectivity index (χ3n) is 4.20. The Morgan fingerprint density at radius 2 is 2.15 bits per heavy atom. The van der Waals surface area contributed by atoms with E-state index < -0.39 is 0 Å². The van der Waals surface area contributed by atoms with E-state index in [1.54, 1.807) is 0 Å². The molecule has 1 N–H and O–H groups in total. The number of fused-ring (bicyclic) bond motifs is 2. The summed E-state index contributed by atoms with van der Waals surface area (Å²) in [6.45, 7) is 0. The number of aromatic nitrogens is 2. The van der Waals surface area contributed by atoms with Crippen LogP contribution in [0.2, 0.25) is 0 Å². The molecule has 1 aliphatic carbocycles. The van der Waals surface area contributed by atoms with Crippen LogP contribution in [-0.4, -0.2) is 14.7 Å². The van der Waals surface area contributed by atoms with Crippen molar-refractivity contribution in [3.63, 3.8) is 0 Å². The molecule has 0 amide bonds. The van der Waals surface area contributed by atoms with Crippen molar-refractivity contribution >= 4 is 10.8 Å². The Morgan fingerprint density at radius 1 is 1.20 bits per heavy atom.